The number of nitrogens with one attached hydrogen (secondary N) is 2. The Morgan fingerprint density at radius 1 is 0.935 bits per heavy atom. The van der Waals surface area contributed by atoms with Gasteiger partial charge in [0, 0.05) is 29.0 Å². The summed E-state index contributed by atoms with van der Waals surface area (Å²) in [5.41, 5.74) is 1.97. The molecule has 0 saturated carbocycles. The molecule has 2 aliphatic rings. The van der Waals surface area contributed by atoms with Gasteiger partial charge in [-0.3, -0.25) is 14.4 Å². The van der Waals surface area contributed by atoms with Gasteiger partial charge in [0.05, 0.1) is 17.3 Å². The number of para-hydroxylation sites is 1. The molecule has 1 unspecified atom stereocenters. The number of piperidine rings is 1. The number of allylic oxidation sites excluding steroid dienone is 1. The van der Waals surface area contributed by atoms with Crippen molar-refractivity contribution in [1.82, 2.24) is 19.9 Å². The molecule has 2 aliphatic heterocycles. The number of rotatable bonds is 6. The largest absolute Gasteiger partial charge is 0.417 e. The normalized spacial score (nSPS) is 17.0. The van der Waals surface area contributed by atoms with Crippen molar-refractivity contribution >= 4 is 34.5 Å². The first kappa shape index (κ1) is 29.6. The Morgan fingerprint density at radius 3 is 2.39 bits per heavy atom. The number of hydrogen-bond acceptors (Lipinski definition) is 6. The van der Waals surface area contributed by atoms with Crippen LogP contribution in [0.3, 0.4) is 0 Å². The van der Waals surface area contributed by atoms with E-state index in [-0.39, 0.29) is 28.8 Å². The molecule has 10 heteroatoms. The van der Waals surface area contributed by atoms with Crippen LogP contribution in [0.2, 0.25) is 0 Å². The molecule has 0 aliphatic carbocycles. The summed E-state index contributed by atoms with van der Waals surface area (Å²) < 4.78 is 45.0. The lowest BCUT2D eigenvalue weighted by molar-refractivity contribution is -0.137. The van der Waals surface area contributed by atoms with Crippen molar-refractivity contribution in [2.75, 3.05) is 18.4 Å². The molecule has 46 heavy (non-hydrogen) atoms. The highest BCUT2D eigenvalue weighted by Crippen LogP contribution is 2.39. The Hall–Kier alpha value is -5.09. The minimum Gasteiger partial charge on any atom is -0.324 e. The molecule has 4 heterocycles. The van der Waals surface area contributed by atoms with Gasteiger partial charge in [0.15, 0.2) is 5.65 Å². The third-order valence-electron chi connectivity index (χ3n) is 8.55. The summed E-state index contributed by atoms with van der Waals surface area (Å²) in [7, 11) is 0. The van der Waals surface area contributed by atoms with Crippen molar-refractivity contribution in [2.45, 2.75) is 37.9 Å². The number of anilines is 2. The van der Waals surface area contributed by atoms with E-state index < -0.39 is 17.3 Å². The maximum absolute atomic E-state index is 14.5. The van der Waals surface area contributed by atoms with Crippen molar-refractivity contribution in [3.63, 3.8) is 0 Å². The molecular weight excluding hydrogens is 589 g/mol. The van der Waals surface area contributed by atoms with Crippen molar-refractivity contribution < 1.29 is 13.2 Å². The zero-order valence-corrected chi connectivity index (χ0v) is 25.1. The molecule has 232 valence electrons. The minimum atomic E-state index is -4.71. The van der Waals surface area contributed by atoms with Crippen LogP contribution in [0.1, 0.15) is 42.4 Å². The van der Waals surface area contributed by atoms with Crippen LogP contribution in [0.4, 0.5) is 24.8 Å². The number of benzene rings is 3. The SMILES string of the molecule is CC1C=C(c2ccc(-c3cc4cnc(Nc5ccc(C6CCNCC6)cc5)nc4n(-c4ccccc4)c3=O)c(C(F)(F)F)c2)C=N1. The van der Waals surface area contributed by atoms with E-state index in [1.807, 2.05) is 19.1 Å². The first-order valence-corrected chi connectivity index (χ1v) is 15.3. The van der Waals surface area contributed by atoms with Gasteiger partial charge in [0.25, 0.3) is 5.56 Å². The lowest BCUT2D eigenvalue weighted by Crippen LogP contribution is -2.26. The predicted octanol–water partition coefficient (Wildman–Crippen LogP) is 7.53. The summed E-state index contributed by atoms with van der Waals surface area (Å²) in [6.45, 7) is 3.88. The topological polar surface area (TPSA) is 84.2 Å². The van der Waals surface area contributed by atoms with Crippen molar-refractivity contribution in [2.24, 2.45) is 4.99 Å². The molecule has 2 N–H and O–H groups in total. The monoisotopic (exact) mass is 620 g/mol. The second-order valence-electron chi connectivity index (χ2n) is 11.7. The van der Waals surface area contributed by atoms with Crippen molar-refractivity contribution in [3.05, 3.63) is 118 Å². The van der Waals surface area contributed by atoms with Crippen LogP contribution in [0, 0.1) is 0 Å². The summed E-state index contributed by atoms with van der Waals surface area (Å²) in [6.07, 6.45) is 2.39. The van der Waals surface area contributed by atoms with Crippen molar-refractivity contribution in [1.29, 1.82) is 0 Å². The predicted molar refractivity (Wildman–Crippen MR) is 176 cm³/mol. The van der Waals surface area contributed by atoms with Gasteiger partial charge < -0.3 is 10.6 Å². The van der Waals surface area contributed by atoms with E-state index in [1.165, 1.54) is 28.5 Å². The van der Waals surface area contributed by atoms with Crippen LogP contribution < -0.4 is 16.2 Å². The second kappa shape index (κ2) is 12.0. The van der Waals surface area contributed by atoms with Crippen LogP contribution >= 0.6 is 0 Å². The quantitative estimate of drug-likeness (QED) is 0.205. The van der Waals surface area contributed by atoms with Gasteiger partial charge in [-0.2, -0.15) is 18.2 Å². The number of alkyl halides is 3. The van der Waals surface area contributed by atoms with E-state index in [0.717, 1.165) is 37.7 Å². The first-order valence-electron chi connectivity index (χ1n) is 15.3. The minimum absolute atomic E-state index is 0.101. The summed E-state index contributed by atoms with van der Waals surface area (Å²) in [4.78, 5) is 27.6. The standard InChI is InChI=1S/C36H31F3N6O/c1-22-17-26(20-41-22)25-9-12-30(32(19-25)36(37,38)39)31-18-27-21-42-35(44-33(27)45(34(31)46)29-5-3-2-4-6-29)43-28-10-7-23(8-11-28)24-13-15-40-16-14-24/h2-12,17-22,24,40H,13-16H2,1H3,(H,42,43,44). The molecule has 3 aromatic carbocycles. The van der Waals surface area contributed by atoms with Gasteiger partial charge in [0.1, 0.15) is 0 Å². The fourth-order valence-electron chi connectivity index (χ4n) is 6.20. The number of halogens is 3. The van der Waals surface area contributed by atoms with Crippen LogP contribution in [-0.2, 0) is 6.18 Å². The average Bonchev–Trinajstić information content (AvgIpc) is 3.51. The fraction of sp³-hybridized carbons (Fsp3) is 0.222. The highest BCUT2D eigenvalue weighted by atomic mass is 19.4. The summed E-state index contributed by atoms with van der Waals surface area (Å²) in [5.74, 6) is 0.785. The Bertz CT molecular complexity index is 2030. The Balaban J connectivity index is 1.32. The fourth-order valence-corrected chi connectivity index (χ4v) is 6.20. The Morgan fingerprint density at radius 2 is 1.70 bits per heavy atom. The number of hydrogen-bond donors (Lipinski definition) is 2. The van der Waals surface area contributed by atoms with E-state index in [2.05, 4.69) is 37.7 Å². The molecule has 5 aromatic rings. The molecule has 0 amide bonds. The third-order valence-corrected chi connectivity index (χ3v) is 8.55. The van der Waals surface area contributed by atoms with Crippen molar-refractivity contribution in [3.8, 4) is 16.8 Å². The maximum atomic E-state index is 14.5. The van der Waals surface area contributed by atoms with Crippen LogP contribution in [0.5, 0.6) is 0 Å². The molecule has 1 atom stereocenters. The highest BCUT2D eigenvalue weighted by Gasteiger charge is 2.35. The van der Waals surface area contributed by atoms with E-state index in [9.17, 15) is 18.0 Å². The van der Waals surface area contributed by atoms with Gasteiger partial charge in [0.2, 0.25) is 5.95 Å². The van der Waals surface area contributed by atoms with Gasteiger partial charge in [-0.25, -0.2) is 4.98 Å². The zero-order valence-electron chi connectivity index (χ0n) is 25.1. The Kier molecular flexibility index (Phi) is 7.74. The first-order chi connectivity index (χ1) is 22.2. The summed E-state index contributed by atoms with van der Waals surface area (Å²) in [5, 5.41) is 7.03. The molecular formula is C36H31F3N6O. The number of aromatic nitrogens is 3. The molecule has 0 spiro atoms. The third kappa shape index (κ3) is 5.83. The zero-order chi connectivity index (χ0) is 31.8. The van der Waals surface area contributed by atoms with Crippen LogP contribution in [-0.4, -0.2) is 39.9 Å². The second-order valence-corrected chi connectivity index (χ2v) is 11.7. The molecule has 7 nitrogen and oxygen atoms in total. The molecule has 1 fully saturated rings. The van der Waals surface area contributed by atoms with Gasteiger partial charge >= 0.3 is 6.18 Å². The maximum Gasteiger partial charge on any atom is 0.417 e. The number of nitrogens with zero attached hydrogens (tertiary/aromatic N) is 4. The van der Waals surface area contributed by atoms with E-state index in [4.69, 9.17) is 0 Å². The van der Waals surface area contributed by atoms with Gasteiger partial charge in [-0.1, -0.05) is 48.5 Å². The molecule has 7 rings (SSSR count). The number of fused-ring (bicyclic) bond motifs is 1. The summed E-state index contributed by atoms with van der Waals surface area (Å²) >= 11 is 0. The van der Waals surface area contributed by atoms with E-state index in [1.54, 1.807) is 48.7 Å². The highest BCUT2D eigenvalue weighted by molar-refractivity contribution is 6.12. The van der Waals surface area contributed by atoms with E-state index in [0.29, 0.717) is 28.1 Å². The molecule has 1 saturated heterocycles. The van der Waals surface area contributed by atoms with Crippen LogP contribution in [0.15, 0.2) is 101 Å². The van der Waals surface area contributed by atoms with Crippen LogP contribution in [0.25, 0.3) is 33.4 Å². The number of aliphatic imine (C=N–C) groups is 1. The lowest BCUT2D eigenvalue weighted by atomic mass is 9.90. The summed E-state index contributed by atoms with van der Waals surface area (Å²) in [6, 6.07) is 22.3. The van der Waals surface area contributed by atoms with Gasteiger partial charge in [-0.15, -0.1) is 0 Å². The lowest BCUT2D eigenvalue weighted by Gasteiger charge is -2.23. The van der Waals surface area contributed by atoms with Gasteiger partial charge in [-0.05, 0) is 97.4 Å². The smallest absolute Gasteiger partial charge is 0.324 e. The number of pyridine rings is 1. The average molecular weight is 621 g/mol. The molecule has 0 radical (unpaired) electrons. The van der Waals surface area contributed by atoms with E-state index >= 15 is 0 Å². The molecule has 2 aromatic heterocycles. The Labute approximate surface area is 263 Å². The molecule has 0 bridgehead atoms.